The third-order valence-corrected chi connectivity index (χ3v) is 2.34. The molecular weight excluding hydrogens is 294 g/mol. The quantitative estimate of drug-likeness (QED) is 0.631. The van der Waals surface area contributed by atoms with Crippen LogP contribution in [0.2, 0.25) is 0 Å². The van der Waals surface area contributed by atoms with Gasteiger partial charge in [-0.2, -0.15) is 26.7 Å². The van der Waals surface area contributed by atoms with E-state index in [1.165, 1.54) is 17.4 Å². The lowest BCUT2D eigenvalue weighted by atomic mass is 10.2. The minimum Gasteiger partial charge on any atom is -0.301 e. The van der Waals surface area contributed by atoms with E-state index < -0.39 is 23.4 Å². The molecular formula is C12H15F4N3S. The van der Waals surface area contributed by atoms with Crippen LogP contribution >= 0.6 is 13.5 Å². The van der Waals surface area contributed by atoms with Crippen LogP contribution in [0.3, 0.4) is 0 Å². The molecule has 112 valence electrons. The van der Waals surface area contributed by atoms with Crippen LogP contribution in [-0.4, -0.2) is 21.3 Å². The van der Waals surface area contributed by atoms with Crippen LogP contribution in [-0.2, 0) is 0 Å². The second-order valence-electron chi connectivity index (χ2n) is 3.49. The zero-order valence-corrected chi connectivity index (χ0v) is 12.1. The molecule has 0 aliphatic rings. The van der Waals surface area contributed by atoms with Gasteiger partial charge < -0.3 is 4.40 Å². The Balaban J connectivity index is 0.00000115. The Hall–Kier alpha value is -1.57. The highest BCUT2D eigenvalue weighted by atomic mass is 32.1. The van der Waals surface area contributed by atoms with Gasteiger partial charge in [0.05, 0.1) is 0 Å². The van der Waals surface area contributed by atoms with Gasteiger partial charge in [-0.3, -0.25) is 5.41 Å². The number of fused-ring (bicyclic) bond motifs is 1. The number of aromatic nitrogens is 2. The largest absolute Gasteiger partial charge is 0.434 e. The van der Waals surface area contributed by atoms with Crippen LogP contribution in [0.4, 0.5) is 17.6 Å². The SMILES string of the molecule is CC.Cc1c(C(=N)C(F)(F)F)nc2ccc(F)cn12.S. The van der Waals surface area contributed by atoms with E-state index in [1.807, 2.05) is 13.8 Å². The molecule has 0 aliphatic carbocycles. The van der Waals surface area contributed by atoms with Gasteiger partial charge >= 0.3 is 6.18 Å². The van der Waals surface area contributed by atoms with Gasteiger partial charge in [0, 0.05) is 11.9 Å². The molecule has 0 aromatic carbocycles. The van der Waals surface area contributed by atoms with Crippen LogP contribution in [0.5, 0.6) is 0 Å². The number of nitrogens with one attached hydrogen (secondary N) is 1. The summed E-state index contributed by atoms with van der Waals surface area (Å²) in [7, 11) is 0. The van der Waals surface area contributed by atoms with Crippen molar-refractivity contribution in [1.29, 1.82) is 5.41 Å². The molecule has 1 N–H and O–H groups in total. The summed E-state index contributed by atoms with van der Waals surface area (Å²) in [6, 6.07) is 2.36. The minimum absolute atomic E-state index is 0. The maximum absolute atomic E-state index is 12.9. The van der Waals surface area contributed by atoms with E-state index in [4.69, 9.17) is 5.41 Å². The van der Waals surface area contributed by atoms with E-state index in [0.717, 1.165) is 12.3 Å². The van der Waals surface area contributed by atoms with E-state index in [-0.39, 0.29) is 24.8 Å². The molecule has 3 nitrogen and oxygen atoms in total. The molecule has 0 bridgehead atoms. The monoisotopic (exact) mass is 309 g/mol. The number of aryl methyl sites for hydroxylation is 1. The van der Waals surface area contributed by atoms with Gasteiger partial charge in [-0.05, 0) is 19.1 Å². The second kappa shape index (κ2) is 6.74. The number of rotatable bonds is 1. The molecule has 0 saturated heterocycles. The molecule has 0 spiro atoms. The van der Waals surface area contributed by atoms with Crippen molar-refractivity contribution in [3.8, 4) is 0 Å². The number of hydrogen-bond acceptors (Lipinski definition) is 2. The van der Waals surface area contributed by atoms with Crippen molar-refractivity contribution < 1.29 is 17.6 Å². The van der Waals surface area contributed by atoms with Gasteiger partial charge in [0.25, 0.3) is 0 Å². The summed E-state index contributed by atoms with van der Waals surface area (Å²) < 4.78 is 51.2. The molecule has 0 amide bonds. The Bertz CT molecular complexity index is 605. The highest BCUT2D eigenvalue weighted by molar-refractivity contribution is 7.59. The first-order chi connectivity index (χ1) is 8.80. The van der Waals surface area contributed by atoms with Crippen molar-refractivity contribution in [3.05, 3.63) is 35.5 Å². The lowest BCUT2D eigenvalue weighted by Gasteiger charge is -2.05. The van der Waals surface area contributed by atoms with Gasteiger partial charge in [-0.25, -0.2) is 9.37 Å². The Morgan fingerprint density at radius 2 is 1.80 bits per heavy atom. The number of pyridine rings is 1. The Labute approximate surface area is 120 Å². The Morgan fingerprint density at radius 1 is 1.25 bits per heavy atom. The molecule has 0 radical (unpaired) electrons. The fourth-order valence-electron chi connectivity index (χ4n) is 1.51. The molecule has 0 atom stereocenters. The predicted octanol–water partition coefficient (Wildman–Crippen LogP) is 3.85. The molecule has 2 aromatic rings. The van der Waals surface area contributed by atoms with Gasteiger partial charge in [-0.15, -0.1) is 0 Å². The van der Waals surface area contributed by atoms with E-state index in [1.54, 1.807) is 0 Å². The molecule has 2 aromatic heterocycles. The Morgan fingerprint density at radius 3 is 2.30 bits per heavy atom. The molecule has 8 heteroatoms. The maximum Gasteiger partial charge on any atom is 0.434 e. The third kappa shape index (κ3) is 3.50. The third-order valence-electron chi connectivity index (χ3n) is 2.34. The summed E-state index contributed by atoms with van der Waals surface area (Å²) in [6.07, 6.45) is -3.73. The number of alkyl halides is 3. The Kier molecular flexibility index (Phi) is 6.21. The molecule has 2 rings (SSSR count). The summed E-state index contributed by atoms with van der Waals surface area (Å²) >= 11 is 0. The second-order valence-corrected chi connectivity index (χ2v) is 3.49. The minimum atomic E-state index is -4.76. The summed E-state index contributed by atoms with van der Waals surface area (Å²) in [6.45, 7) is 5.36. The average Bonchev–Trinajstić information content (AvgIpc) is 2.67. The highest BCUT2D eigenvalue weighted by Gasteiger charge is 2.38. The number of hydrogen-bond donors (Lipinski definition) is 1. The normalized spacial score (nSPS) is 10.6. The standard InChI is InChI=1S/C10H7F4N3.C2H6.H2S/c1-5-8(9(15)10(12,13)14)16-7-3-2-6(11)4-17(5)7;1-2;/h2-4,15H,1H3;1-2H3;1H2. The van der Waals surface area contributed by atoms with Crippen molar-refractivity contribution in [1.82, 2.24) is 9.38 Å². The molecule has 0 saturated carbocycles. The van der Waals surface area contributed by atoms with E-state index in [0.29, 0.717) is 0 Å². The van der Waals surface area contributed by atoms with Crippen molar-refractivity contribution in [2.24, 2.45) is 0 Å². The van der Waals surface area contributed by atoms with Crippen LogP contribution in [0.15, 0.2) is 18.3 Å². The predicted molar refractivity (Wildman–Crippen MR) is 74.5 cm³/mol. The molecule has 0 fully saturated rings. The summed E-state index contributed by atoms with van der Waals surface area (Å²) in [5, 5.41) is 7.01. The average molecular weight is 309 g/mol. The fraction of sp³-hybridized carbons (Fsp3) is 0.333. The molecule has 0 unspecified atom stereocenters. The van der Waals surface area contributed by atoms with Gasteiger partial charge in [0.1, 0.15) is 17.2 Å². The van der Waals surface area contributed by atoms with Crippen LogP contribution < -0.4 is 0 Å². The lowest BCUT2D eigenvalue weighted by molar-refractivity contribution is -0.0589. The molecule has 0 aliphatic heterocycles. The highest BCUT2D eigenvalue weighted by Crippen LogP contribution is 2.23. The zero-order chi connectivity index (χ0) is 14.8. The first-order valence-corrected chi connectivity index (χ1v) is 5.61. The van der Waals surface area contributed by atoms with Crippen molar-refractivity contribution in [2.75, 3.05) is 0 Å². The van der Waals surface area contributed by atoms with Crippen molar-refractivity contribution >= 4 is 24.9 Å². The van der Waals surface area contributed by atoms with Gasteiger partial charge in [-0.1, -0.05) is 13.8 Å². The van der Waals surface area contributed by atoms with E-state index in [9.17, 15) is 17.6 Å². The van der Waals surface area contributed by atoms with Crippen molar-refractivity contribution in [2.45, 2.75) is 26.9 Å². The summed E-state index contributed by atoms with van der Waals surface area (Å²) in [5.74, 6) is -0.580. The summed E-state index contributed by atoms with van der Waals surface area (Å²) in [4.78, 5) is 3.67. The van der Waals surface area contributed by atoms with Crippen LogP contribution in [0.1, 0.15) is 25.2 Å². The topological polar surface area (TPSA) is 41.2 Å². The van der Waals surface area contributed by atoms with Gasteiger partial charge in [0.2, 0.25) is 0 Å². The number of imidazole rings is 1. The van der Waals surface area contributed by atoms with Crippen LogP contribution in [0, 0.1) is 18.2 Å². The summed E-state index contributed by atoms with van der Waals surface area (Å²) in [5.41, 5.74) is -1.75. The van der Waals surface area contributed by atoms with E-state index in [2.05, 4.69) is 4.98 Å². The number of halogens is 4. The van der Waals surface area contributed by atoms with Gasteiger partial charge in [0.15, 0.2) is 5.71 Å². The van der Waals surface area contributed by atoms with Crippen molar-refractivity contribution in [3.63, 3.8) is 0 Å². The molecule has 2 heterocycles. The molecule has 20 heavy (non-hydrogen) atoms. The zero-order valence-electron chi connectivity index (χ0n) is 11.1. The fourth-order valence-corrected chi connectivity index (χ4v) is 1.51. The smallest absolute Gasteiger partial charge is 0.301 e. The lowest BCUT2D eigenvalue weighted by Crippen LogP contribution is -2.24. The first-order valence-electron chi connectivity index (χ1n) is 5.61. The van der Waals surface area contributed by atoms with E-state index >= 15 is 0 Å². The maximum atomic E-state index is 12.9. The van der Waals surface area contributed by atoms with Crippen LogP contribution in [0.25, 0.3) is 5.65 Å². The first kappa shape index (κ1) is 18.4. The number of nitrogens with zero attached hydrogens (tertiary/aromatic N) is 2.